The Hall–Kier alpha value is -3.52. The Kier molecular flexibility index (Phi) is 8.40. The van der Waals surface area contributed by atoms with Crippen LogP contribution in [0.2, 0.25) is 0 Å². The lowest BCUT2D eigenvalue weighted by atomic mass is 9.66. The zero-order valence-electron chi connectivity index (χ0n) is 20.8. The van der Waals surface area contributed by atoms with Crippen LogP contribution in [0.4, 0.5) is 0 Å². The number of carbonyl (C=O) groups excluding carboxylic acids is 2. The van der Waals surface area contributed by atoms with Crippen LogP contribution in [0.25, 0.3) is 0 Å². The first-order chi connectivity index (χ1) is 16.8. The van der Waals surface area contributed by atoms with E-state index in [-0.39, 0.29) is 6.42 Å². The van der Waals surface area contributed by atoms with Crippen LogP contribution in [-0.4, -0.2) is 57.6 Å². The number of methoxy groups -OCH3 is 4. The van der Waals surface area contributed by atoms with Crippen LogP contribution in [0.5, 0.6) is 11.5 Å². The average Bonchev–Trinajstić information content (AvgIpc) is 2.87. The van der Waals surface area contributed by atoms with Gasteiger partial charge < -0.3 is 29.4 Å². The largest absolute Gasteiger partial charge is 0.493 e. The van der Waals surface area contributed by atoms with Gasteiger partial charge in [-0.05, 0) is 36.6 Å². The molecule has 0 aliphatic heterocycles. The third-order valence-electron chi connectivity index (χ3n) is 6.39. The van der Waals surface area contributed by atoms with Gasteiger partial charge in [-0.25, -0.2) is 4.79 Å². The molecule has 188 valence electrons. The maximum atomic E-state index is 13.0. The van der Waals surface area contributed by atoms with Crippen LogP contribution in [-0.2, 0) is 25.5 Å². The monoisotopic (exact) mass is 483 g/mol. The minimum absolute atomic E-state index is 0.0620. The summed E-state index contributed by atoms with van der Waals surface area (Å²) in [5.41, 5.74) is 1.10. The van der Waals surface area contributed by atoms with E-state index in [4.69, 9.17) is 18.9 Å². The maximum Gasteiger partial charge on any atom is 0.336 e. The number of esters is 2. The fourth-order valence-electron chi connectivity index (χ4n) is 4.72. The Morgan fingerprint density at radius 2 is 1.69 bits per heavy atom. The molecule has 2 N–H and O–H groups in total. The molecule has 8 nitrogen and oxygen atoms in total. The number of rotatable bonds is 9. The highest BCUT2D eigenvalue weighted by atomic mass is 16.5. The van der Waals surface area contributed by atoms with Crippen molar-refractivity contribution in [2.75, 3.05) is 35.0 Å². The highest BCUT2D eigenvalue weighted by molar-refractivity contribution is 5.93. The van der Waals surface area contributed by atoms with Gasteiger partial charge in [-0.15, -0.1) is 0 Å². The van der Waals surface area contributed by atoms with Crippen molar-refractivity contribution >= 4 is 11.9 Å². The second kappa shape index (κ2) is 11.3. The molecule has 2 aromatic rings. The summed E-state index contributed by atoms with van der Waals surface area (Å²) in [5, 5.41) is 14.7. The van der Waals surface area contributed by atoms with Crippen molar-refractivity contribution in [2.45, 2.75) is 31.3 Å². The minimum atomic E-state index is -1.46. The molecule has 0 unspecified atom stereocenters. The van der Waals surface area contributed by atoms with Gasteiger partial charge >= 0.3 is 11.9 Å². The van der Waals surface area contributed by atoms with Gasteiger partial charge in [0, 0.05) is 24.6 Å². The number of hydrogen-bond acceptors (Lipinski definition) is 8. The van der Waals surface area contributed by atoms with Crippen molar-refractivity contribution in [1.82, 2.24) is 5.32 Å². The summed E-state index contributed by atoms with van der Waals surface area (Å²) in [6, 6.07) is 14.8. The molecule has 0 fully saturated rings. The number of ether oxygens (including phenoxy) is 4. The summed E-state index contributed by atoms with van der Waals surface area (Å²) < 4.78 is 20.8. The smallest absolute Gasteiger partial charge is 0.336 e. The number of carbonyl (C=O) groups is 2. The van der Waals surface area contributed by atoms with Gasteiger partial charge in [-0.3, -0.25) is 4.79 Å². The van der Waals surface area contributed by atoms with E-state index < -0.39 is 29.4 Å². The van der Waals surface area contributed by atoms with Crippen molar-refractivity contribution in [3.63, 3.8) is 0 Å². The van der Waals surface area contributed by atoms with Gasteiger partial charge in [0.05, 0.1) is 45.5 Å². The zero-order valence-corrected chi connectivity index (χ0v) is 20.8. The molecule has 0 radical (unpaired) electrons. The first-order valence-corrected chi connectivity index (χ1v) is 11.4. The molecular formula is C27H33NO7. The van der Waals surface area contributed by atoms with Gasteiger partial charge in [0.1, 0.15) is 0 Å². The SMILES string of the molecule is COC(=O)C1=C(NCCc2ccc(OC)c(OC)c2)C[C@](C)(O)[C@H](C(=O)OC)[C@H]1c1ccccc1. The molecule has 0 spiro atoms. The summed E-state index contributed by atoms with van der Waals surface area (Å²) >= 11 is 0. The second-order valence-corrected chi connectivity index (χ2v) is 8.67. The summed E-state index contributed by atoms with van der Waals surface area (Å²) in [4.78, 5) is 25.9. The van der Waals surface area contributed by atoms with Crippen LogP contribution in [0.15, 0.2) is 59.8 Å². The van der Waals surface area contributed by atoms with E-state index in [1.165, 1.54) is 14.2 Å². The van der Waals surface area contributed by atoms with Crippen molar-refractivity contribution < 1.29 is 33.6 Å². The summed E-state index contributed by atoms with van der Waals surface area (Å²) in [5.74, 6) is -1.61. The average molecular weight is 484 g/mol. The van der Waals surface area contributed by atoms with Crippen molar-refractivity contribution in [2.24, 2.45) is 5.92 Å². The van der Waals surface area contributed by atoms with Crippen molar-refractivity contribution in [3.8, 4) is 11.5 Å². The predicted molar refractivity (Wildman–Crippen MR) is 130 cm³/mol. The van der Waals surface area contributed by atoms with Crippen LogP contribution < -0.4 is 14.8 Å². The Morgan fingerprint density at radius 1 is 1.00 bits per heavy atom. The topological polar surface area (TPSA) is 103 Å². The fraction of sp³-hybridized carbons (Fsp3) is 0.407. The Morgan fingerprint density at radius 3 is 2.29 bits per heavy atom. The highest BCUT2D eigenvalue weighted by Gasteiger charge is 2.52. The van der Waals surface area contributed by atoms with E-state index in [0.717, 1.165) is 5.56 Å². The lowest BCUT2D eigenvalue weighted by Gasteiger charge is -2.42. The molecule has 0 amide bonds. The summed E-state index contributed by atoms with van der Waals surface area (Å²) in [6.07, 6.45) is 0.684. The number of hydrogen-bond donors (Lipinski definition) is 2. The van der Waals surface area contributed by atoms with Crippen LogP contribution in [0.1, 0.15) is 30.4 Å². The van der Waals surface area contributed by atoms with Gasteiger partial charge in [-0.1, -0.05) is 36.4 Å². The van der Waals surface area contributed by atoms with E-state index in [9.17, 15) is 14.7 Å². The van der Waals surface area contributed by atoms with E-state index in [2.05, 4.69) is 5.32 Å². The van der Waals surface area contributed by atoms with Crippen molar-refractivity contribution in [1.29, 1.82) is 0 Å². The van der Waals surface area contributed by atoms with E-state index >= 15 is 0 Å². The van der Waals surface area contributed by atoms with Crippen LogP contribution >= 0.6 is 0 Å². The Balaban J connectivity index is 1.99. The Labute approximate surface area is 205 Å². The molecule has 0 saturated heterocycles. The fourth-order valence-corrected chi connectivity index (χ4v) is 4.72. The third kappa shape index (κ3) is 5.59. The molecule has 8 heteroatoms. The molecule has 1 aliphatic rings. The van der Waals surface area contributed by atoms with E-state index in [1.807, 2.05) is 48.5 Å². The van der Waals surface area contributed by atoms with Gasteiger partial charge in [0.15, 0.2) is 11.5 Å². The van der Waals surface area contributed by atoms with Gasteiger partial charge in [-0.2, -0.15) is 0 Å². The molecule has 2 aromatic carbocycles. The second-order valence-electron chi connectivity index (χ2n) is 8.67. The molecule has 3 atom stereocenters. The van der Waals surface area contributed by atoms with E-state index in [0.29, 0.717) is 41.3 Å². The lowest BCUT2D eigenvalue weighted by molar-refractivity contribution is -0.157. The lowest BCUT2D eigenvalue weighted by Crippen LogP contribution is -2.50. The summed E-state index contributed by atoms with van der Waals surface area (Å²) in [6.45, 7) is 2.07. The van der Waals surface area contributed by atoms with Crippen LogP contribution in [0, 0.1) is 5.92 Å². The quantitative estimate of drug-likeness (QED) is 0.525. The summed E-state index contributed by atoms with van der Waals surface area (Å²) in [7, 11) is 5.75. The molecule has 0 aromatic heterocycles. The molecule has 0 saturated carbocycles. The number of nitrogens with one attached hydrogen (secondary N) is 1. The molecule has 3 rings (SSSR count). The zero-order chi connectivity index (χ0) is 25.6. The van der Waals surface area contributed by atoms with Gasteiger partial charge in [0.25, 0.3) is 0 Å². The number of benzene rings is 2. The highest BCUT2D eigenvalue weighted by Crippen LogP contribution is 2.47. The maximum absolute atomic E-state index is 13.0. The van der Waals surface area contributed by atoms with Crippen LogP contribution in [0.3, 0.4) is 0 Å². The normalized spacial score (nSPS) is 21.8. The first kappa shape index (κ1) is 26.1. The number of aliphatic hydroxyl groups is 1. The van der Waals surface area contributed by atoms with E-state index in [1.54, 1.807) is 21.1 Å². The van der Waals surface area contributed by atoms with Crippen molar-refractivity contribution in [3.05, 3.63) is 70.9 Å². The molecule has 0 heterocycles. The molecular weight excluding hydrogens is 450 g/mol. The molecule has 0 bridgehead atoms. The first-order valence-electron chi connectivity index (χ1n) is 11.4. The standard InChI is InChI=1S/C27H33NO7/c1-27(31)16-19(28-14-13-17-11-12-20(32-2)21(15-17)33-3)23(25(29)34-4)22(24(27)26(30)35-5)18-9-7-6-8-10-18/h6-12,15,22,24,28,31H,13-14,16H2,1-5H3/t22-,24-,27-/m0/s1. The molecule has 1 aliphatic carbocycles. The minimum Gasteiger partial charge on any atom is -0.493 e. The molecule has 35 heavy (non-hydrogen) atoms. The Bertz CT molecular complexity index is 1080. The predicted octanol–water partition coefficient (Wildman–Crippen LogP) is 2.99. The van der Waals surface area contributed by atoms with Gasteiger partial charge in [0.2, 0.25) is 0 Å². The third-order valence-corrected chi connectivity index (χ3v) is 6.39.